The molecule has 0 aromatic heterocycles. The van der Waals surface area contributed by atoms with Crippen molar-refractivity contribution >= 4 is 0 Å². The topological polar surface area (TPSA) is 15.3 Å². The van der Waals surface area contributed by atoms with Crippen LogP contribution in [0.4, 0.5) is 8.78 Å². The maximum Gasteiger partial charge on any atom is 0.250 e. The Balaban J connectivity index is 1.92. The van der Waals surface area contributed by atoms with E-state index in [0.717, 1.165) is 6.54 Å². The van der Waals surface area contributed by atoms with Crippen molar-refractivity contribution < 1.29 is 8.78 Å². The summed E-state index contributed by atoms with van der Waals surface area (Å²) in [4.78, 5) is 2.16. The van der Waals surface area contributed by atoms with Gasteiger partial charge in [-0.2, -0.15) is 0 Å². The van der Waals surface area contributed by atoms with Crippen molar-refractivity contribution in [1.29, 1.82) is 0 Å². The van der Waals surface area contributed by atoms with Crippen LogP contribution < -0.4 is 5.32 Å². The Morgan fingerprint density at radius 3 is 2.35 bits per heavy atom. The van der Waals surface area contributed by atoms with Gasteiger partial charge in [-0.3, -0.25) is 0 Å². The Hall–Kier alpha value is -1.00. The van der Waals surface area contributed by atoms with E-state index in [9.17, 15) is 8.78 Å². The number of nitrogens with zero attached hydrogens (tertiary/aromatic N) is 1. The molecule has 2 nitrogen and oxygen atoms in total. The van der Waals surface area contributed by atoms with Gasteiger partial charge in [-0.15, -0.1) is 0 Å². The molecule has 0 radical (unpaired) electrons. The van der Waals surface area contributed by atoms with E-state index in [0.29, 0.717) is 19.0 Å². The number of halogens is 2. The van der Waals surface area contributed by atoms with Crippen LogP contribution in [0.15, 0.2) is 30.3 Å². The molecule has 0 bridgehead atoms. The molecule has 2 atom stereocenters. The fraction of sp³-hybridized carbons (Fsp3) is 0.625. The lowest BCUT2D eigenvalue weighted by Crippen LogP contribution is -2.43. The van der Waals surface area contributed by atoms with Gasteiger partial charge in [0.15, 0.2) is 0 Å². The molecular weight excluding hydrogens is 258 g/mol. The third kappa shape index (κ3) is 4.00. The number of likely N-dealkylation sites (tertiary alicyclic amines) is 1. The predicted octanol–water partition coefficient (Wildman–Crippen LogP) is 3.31. The molecule has 1 aromatic rings. The van der Waals surface area contributed by atoms with Crippen molar-refractivity contribution in [2.45, 2.75) is 31.7 Å². The van der Waals surface area contributed by atoms with Crippen LogP contribution in [0, 0.1) is 5.92 Å². The lowest BCUT2D eigenvalue weighted by atomic mass is 9.93. The highest BCUT2D eigenvalue weighted by Gasteiger charge is 2.34. The highest BCUT2D eigenvalue weighted by Crippen LogP contribution is 2.29. The first-order valence-corrected chi connectivity index (χ1v) is 7.34. The molecule has 1 aliphatic heterocycles. The number of piperidine rings is 1. The van der Waals surface area contributed by atoms with Gasteiger partial charge in [-0.1, -0.05) is 37.3 Å². The average molecular weight is 282 g/mol. The molecule has 1 N–H and O–H groups in total. The zero-order valence-electron chi connectivity index (χ0n) is 12.3. The summed E-state index contributed by atoms with van der Waals surface area (Å²) in [6.45, 7) is 4.04. The van der Waals surface area contributed by atoms with Crippen molar-refractivity contribution in [2.24, 2.45) is 5.92 Å². The van der Waals surface area contributed by atoms with Crippen LogP contribution in [0.2, 0.25) is 0 Å². The van der Waals surface area contributed by atoms with Crippen LogP contribution in [0.5, 0.6) is 0 Å². The lowest BCUT2D eigenvalue weighted by Gasteiger charge is -2.35. The van der Waals surface area contributed by atoms with E-state index in [1.165, 1.54) is 5.56 Å². The molecular formula is C16H24F2N2. The molecule has 1 aliphatic rings. The van der Waals surface area contributed by atoms with Crippen LogP contribution in [-0.2, 0) is 0 Å². The fourth-order valence-corrected chi connectivity index (χ4v) is 3.02. The summed E-state index contributed by atoms with van der Waals surface area (Å²) in [6, 6.07) is 10.6. The normalized spacial score (nSPS) is 22.4. The molecule has 1 aromatic carbocycles. The van der Waals surface area contributed by atoms with Gasteiger partial charge in [0, 0.05) is 38.5 Å². The van der Waals surface area contributed by atoms with E-state index < -0.39 is 5.92 Å². The van der Waals surface area contributed by atoms with Gasteiger partial charge in [-0.25, -0.2) is 8.78 Å². The molecule has 0 amide bonds. The van der Waals surface area contributed by atoms with Gasteiger partial charge < -0.3 is 10.2 Å². The molecule has 20 heavy (non-hydrogen) atoms. The van der Waals surface area contributed by atoms with Crippen LogP contribution in [0.25, 0.3) is 0 Å². The maximum absolute atomic E-state index is 13.2. The third-order valence-corrected chi connectivity index (χ3v) is 4.17. The predicted molar refractivity (Wildman–Crippen MR) is 78.0 cm³/mol. The van der Waals surface area contributed by atoms with Crippen molar-refractivity contribution in [2.75, 3.05) is 26.7 Å². The molecule has 0 spiro atoms. The minimum atomic E-state index is -2.46. The van der Waals surface area contributed by atoms with Crippen LogP contribution >= 0.6 is 0 Å². The molecule has 112 valence electrons. The van der Waals surface area contributed by atoms with Crippen molar-refractivity contribution in [3.63, 3.8) is 0 Å². The number of alkyl halides is 2. The summed E-state index contributed by atoms with van der Waals surface area (Å²) >= 11 is 0. The standard InChI is InChI=1S/C16H24F2N2/c1-13(12-20-10-8-16(17,18)9-11-20)15(19-2)14-6-4-3-5-7-14/h3-7,13,15,19H,8-12H2,1-2H3/t13-,15+/m0/s1. The number of benzene rings is 1. The van der Waals surface area contributed by atoms with Gasteiger partial charge in [0.05, 0.1) is 0 Å². The summed E-state index contributed by atoms with van der Waals surface area (Å²) < 4.78 is 26.3. The molecule has 0 saturated carbocycles. The molecule has 4 heteroatoms. The van der Waals surface area contributed by atoms with Gasteiger partial charge in [0.2, 0.25) is 0 Å². The van der Waals surface area contributed by atoms with E-state index >= 15 is 0 Å². The van der Waals surface area contributed by atoms with Gasteiger partial charge in [-0.05, 0) is 18.5 Å². The number of hydrogen-bond acceptors (Lipinski definition) is 2. The van der Waals surface area contributed by atoms with Gasteiger partial charge in [0.1, 0.15) is 0 Å². The Kier molecular flexibility index (Phi) is 5.11. The zero-order valence-corrected chi connectivity index (χ0v) is 12.3. The quantitative estimate of drug-likeness (QED) is 0.891. The second kappa shape index (κ2) is 6.64. The smallest absolute Gasteiger partial charge is 0.250 e. The highest BCUT2D eigenvalue weighted by molar-refractivity contribution is 5.19. The summed E-state index contributed by atoms with van der Waals surface area (Å²) in [5, 5.41) is 3.35. The van der Waals surface area contributed by atoms with E-state index in [1.54, 1.807) is 0 Å². The molecule has 1 saturated heterocycles. The van der Waals surface area contributed by atoms with E-state index in [1.807, 2.05) is 25.2 Å². The summed E-state index contributed by atoms with van der Waals surface area (Å²) in [6.07, 6.45) is -0.00937. The molecule has 0 aliphatic carbocycles. The van der Waals surface area contributed by atoms with Crippen LogP contribution in [-0.4, -0.2) is 37.5 Å². The SMILES string of the molecule is CN[C@@H](c1ccccc1)[C@@H](C)CN1CCC(F)(F)CC1. The molecule has 0 unspecified atom stereocenters. The Labute approximate surface area is 120 Å². The summed E-state index contributed by atoms with van der Waals surface area (Å²) in [5.74, 6) is -2.07. The average Bonchev–Trinajstić information content (AvgIpc) is 2.43. The van der Waals surface area contributed by atoms with Gasteiger partial charge >= 0.3 is 0 Å². The molecule has 2 rings (SSSR count). The van der Waals surface area contributed by atoms with Crippen molar-refractivity contribution in [3.05, 3.63) is 35.9 Å². The highest BCUT2D eigenvalue weighted by atomic mass is 19.3. The Morgan fingerprint density at radius 2 is 1.80 bits per heavy atom. The summed E-state index contributed by atoms with van der Waals surface area (Å²) in [5.41, 5.74) is 1.25. The minimum Gasteiger partial charge on any atom is -0.313 e. The Bertz CT molecular complexity index is 398. The van der Waals surface area contributed by atoms with Crippen LogP contribution in [0.3, 0.4) is 0 Å². The number of nitrogens with one attached hydrogen (secondary N) is 1. The maximum atomic E-state index is 13.2. The number of rotatable bonds is 5. The van der Waals surface area contributed by atoms with E-state index in [4.69, 9.17) is 0 Å². The van der Waals surface area contributed by atoms with E-state index in [2.05, 4.69) is 29.3 Å². The van der Waals surface area contributed by atoms with Gasteiger partial charge in [0.25, 0.3) is 5.92 Å². The second-order valence-electron chi connectivity index (χ2n) is 5.81. The fourth-order valence-electron chi connectivity index (χ4n) is 3.02. The third-order valence-electron chi connectivity index (χ3n) is 4.17. The van der Waals surface area contributed by atoms with E-state index in [-0.39, 0.29) is 18.9 Å². The minimum absolute atomic E-state index is 0.00469. The first-order chi connectivity index (χ1) is 9.52. The van der Waals surface area contributed by atoms with Crippen molar-refractivity contribution in [1.82, 2.24) is 10.2 Å². The lowest BCUT2D eigenvalue weighted by molar-refractivity contribution is -0.0576. The summed E-state index contributed by atoms with van der Waals surface area (Å²) in [7, 11) is 1.96. The zero-order chi connectivity index (χ0) is 14.6. The molecule has 1 fully saturated rings. The largest absolute Gasteiger partial charge is 0.313 e. The van der Waals surface area contributed by atoms with Crippen LogP contribution in [0.1, 0.15) is 31.4 Å². The monoisotopic (exact) mass is 282 g/mol. The first-order valence-electron chi connectivity index (χ1n) is 7.34. The first kappa shape index (κ1) is 15.4. The van der Waals surface area contributed by atoms with Crippen molar-refractivity contribution in [3.8, 4) is 0 Å². The second-order valence-corrected chi connectivity index (χ2v) is 5.81. The Morgan fingerprint density at radius 1 is 1.20 bits per heavy atom. The molecule has 1 heterocycles. The number of hydrogen-bond donors (Lipinski definition) is 1.